The second-order valence-electron chi connectivity index (χ2n) is 8.61. The van der Waals surface area contributed by atoms with Crippen LogP contribution >= 0.6 is 0 Å². The van der Waals surface area contributed by atoms with Gasteiger partial charge in [-0.2, -0.15) is 5.21 Å². The van der Waals surface area contributed by atoms with Crippen molar-refractivity contribution in [2.24, 2.45) is 0 Å². The molecule has 10 nitrogen and oxygen atoms in total. The third-order valence-corrected chi connectivity index (χ3v) is 5.97. The number of benzene rings is 2. The van der Waals surface area contributed by atoms with E-state index in [1.165, 1.54) is 4.57 Å². The van der Waals surface area contributed by atoms with Crippen LogP contribution in [0.4, 0.5) is 0 Å². The molecule has 2 aromatic carbocycles. The Bertz CT molecular complexity index is 1390. The number of aromatic amines is 1. The number of hydrogen-bond donors (Lipinski definition) is 1. The van der Waals surface area contributed by atoms with Crippen LogP contribution in [0.2, 0.25) is 0 Å². The zero-order valence-corrected chi connectivity index (χ0v) is 20.5. The summed E-state index contributed by atoms with van der Waals surface area (Å²) in [6.45, 7) is 4.10. The molecule has 186 valence electrons. The highest BCUT2D eigenvalue weighted by molar-refractivity contribution is 5.93. The van der Waals surface area contributed by atoms with Crippen molar-refractivity contribution in [2.75, 3.05) is 0 Å². The van der Waals surface area contributed by atoms with Gasteiger partial charge in [-0.3, -0.25) is 14.2 Å². The number of aromatic nitrogens is 7. The van der Waals surface area contributed by atoms with E-state index in [1.807, 2.05) is 62.4 Å². The van der Waals surface area contributed by atoms with Crippen molar-refractivity contribution in [1.29, 1.82) is 0 Å². The molecule has 2 aromatic heterocycles. The van der Waals surface area contributed by atoms with Crippen LogP contribution in [-0.2, 0) is 6.54 Å². The molecule has 0 aliphatic carbocycles. The van der Waals surface area contributed by atoms with Gasteiger partial charge in [-0.25, -0.2) is 4.79 Å². The fourth-order valence-corrected chi connectivity index (χ4v) is 3.97. The molecule has 2 heterocycles. The number of unbranched alkanes of at least 4 members (excludes halogenated alkanes) is 2. The predicted molar refractivity (Wildman–Crippen MR) is 135 cm³/mol. The molecule has 0 saturated carbocycles. The quantitative estimate of drug-likeness (QED) is 0.315. The Balaban J connectivity index is 1.64. The summed E-state index contributed by atoms with van der Waals surface area (Å²) in [5.41, 5.74) is 2.94. The fraction of sp³-hybridized carbons (Fsp3) is 0.346. The fourth-order valence-electron chi connectivity index (χ4n) is 3.97. The highest BCUT2D eigenvalue weighted by Crippen LogP contribution is 2.29. The number of nitrogens with zero attached hydrogens (tertiary/aromatic N) is 6. The molecule has 0 amide bonds. The Kier molecular flexibility index (Phi) is 7.94. The number of carbonyl (C=O) groups excluding carboxylic acids is 2. The highest BCUT2D eigenvalue weighted by Gasteiger charge is 2.23. The monoisotopic (exact) mass is 487 g/mol. The lowest BCUT2D eigenvalue weighted by Gasteiger charge is -2.09. The minimum Gasteiger partial charge on any atom is -0.291 e. The Morgan fingerprint density at radius 1 is 0.917 bits per heavy atom. The van der Waals surface area contributed by atoms with Crippen LogP contribution in [0.15, 0.2) is 53.3 Å². The Hall–Kier alpha value is -4.21. The molecule has 0 atom stereocenters. The smallest absolute Gasteiger partial charge is 0.291 e. The number of ketones is 1. The number of nitrogens with one attached hydrogen (secondary N) is 1. The molecule has 0 saturated heterocycles. The largest absolute Gasteiger partial charge is 0.353 e. The zero-order valence-electron chi connectivity index (χ0n) is 20.5. The van der Waals surface area contributed by atoms with Crippen LogP contribution in [0, 0.1) is 0 Å². The molecule has 10 heteroatoms. The number of carbonyl (C=O) groups is 2. The maximum absolute atomic E-state index is 13.1. The lowest BCUT2D eigenvalue weighted by molar-refractivity contribution is 0.0878. The van der Waals surface area contributed by atoms with Gasteiger partial charge in [0.2, 0.25) is 11.6 Å². The molecule has 4 rings (SSSR count). The minimum absolute atomic E-state index is 0.0322. The molecule has 36 heavy (non-hydrogen) atoms. The van der Waals surface area contributed by atoms with Crippen molar-refractivity contribution in [1.82, 2.24) is 35.0 Å². The summed E-state index contributed by atoms with van der Waals surface area (Å²) in [5, 5.41) is 18.5. The van der Waals surface area contributed by atoms with E-state index in [9.17, 15) is 14.4 Å². The van der Waals surface area contributed by atoms with Crippen molar-refractivity contribution in [3.8, 4) is 22.5 Å². The molecule has 0 fully saturated rings. The molecule has 1 N–H and O–H groups in total. The van der Waals surface area contributed by atoms with Crippen LogP contribution in [0.25, 0.3) is 22.5 Å². The maximum atomic E-state index is 13.1. The van der Waals surface area contributed by atoms with Crippen molar-refractivity contribution < 1.29 is 9.59 Å². The summed E-state index contributed by atoms with van der Waals surface area (Å²) in [6, 6.07) is 15.4. The summed E-state index contributed by atoms with van der Waals surface area (Å²) < 4.78 is 2.16. The van der Waals surface area contributed by atoms with E-state index in [1.54, 1.807) is 0 Å². The van der Waals surface area contributed by atoms with Gasteiger partial charge in [0.1, 0.15) is 0 Å². The molecule has 0 spiro atoms. The maximum Gasteiger partial charge on any atom is 0.353 e. The van der Waals surface area contributed by atoms with Crippen LogP contribution in [0.3, 0.4) is 0 Å². The second kappa shape index (κ2) is 11.5. The molecular weight excluding hydrogens is 458 g/mol. The first-order valence-corrected chi connectivity index (χ1v) is 12.2. The van der Waals surface area contributed by atoms with E-state index < -0.39 is 11.6 Å². The SMILES string of the molecule is CCCCC(=O)c1nn(C(=O)CCCC)c(=O)n1Cc1ccc(-c2ccccc2-c2nn[nH]n2)cc1. The standard InChI is InChI=1S/C26H29N7O3/c1-3-5-11-22(34)25-29-33(23(35)12-6-4-2)26(36)32(25)17-18-13-15-19(16-14-18)20-9-7-8-10-21(20)24-27-30-31-28-24/h7-10,13-16H,3-6,11-12,17H2,1-2H3,(H,27,28,30,31). The van der Waals surface area contributed by atoms with Gasteiger partial charge in [0.05, 0.1) is 6.54 Å². The third kappa shape index (κ3) is 5.37. The summed E-state index contributed by atoms with van der Waals surface area (Å²) in [4.78, 5) is 38.5. The van der Waals surface area contributed by atoms with Gasteiger partial charge >= 0.3 is 5.69 Å². The van der Waals surface area contributed by atoms with E-state index >= 15 is 0 Å². The molecular formula is C26H29N7O3. The van der Waals surface area contributed by atoms with Gasteiger partial charge < -0.3 is 0 Å². The molecule has 4 aromatic rings. The van der Waals surface area contributed by atoms with Gasteiger partial charge in [0.15, 0.2) is 5.78 Å². The number of rotatable bonds is 11. The van der Waals surface area contributed by atoms with E-state index in [0.717, 1.165) is 39.8 Å². The van der Waals surface area contributed by atoms with Crippen molar-refractivity contribution >= 4 is 11.7 Å². The minimum atomic E-state index is -0.581. The first-order chi connectivity index (χ1) is 17.5. The van der Waals surface area contributed by atoms with Crippen molar-refractivity contribution in [2.45, 2.75) is 58.9 Å². The third-order valence-electron chi connectivity index (χ3n) is 5.97. The molecule has 0 aliphatic heterocycles. The van der Waals surface area contributed by atoms with Crippen LogP contribution in [-0.4, -0.2) is 46.7 Å². The summed E-state index contributed by atoms with van der Waals surface area (Å²) in [5.74, 6) is -0.0957. The lowest BCUT2D eigenvalue weighted by Crippen LogP contribution is -2.30. The Morgan fingerprint density at radius 2 is 1.61 bits per heavy atom. The number of hydrogen-bond acceptors (Lipinski definition) is 7. The van der Waals surface area contributed by atoms with Crippen LogP contribution < -0.4 is 5.69 Å². The molecule has 0 aliphatic rings. The topological polar surface area (TPSA) is 128 Å². The number of H-pyrrole nitrogens is 1. The van der Waals surface area contributed by atoms with Crippen LogP contribution in [0.5, 0.6) is 0 Å². The van der Waals surface area contributed by atoms with Gasteiger partial charge in [-0.15, -0.1) is 20.0 Å². The van der Waals surface area contributed by atoms with E-state index in [2.05, 4.69) is 25.7 Å². The Morgan fingerprint density at radius 3 is 2.28 bits per heavy atom. The van der Waals surface area contributed by atoms with E-state index in [4.69, 9.17) is 0 Å². The average Bonchev–Trinajstić information content (AvgIpc) is 3.55. The molecule has 0 radical (unpaired) electrons. The second-order valence-corrected chi connectivity index (χ2v) is 8.61. The van der Waals surface area contributed by atoms with Gasteiger partial charge in [0, 0.05) is 18.4 Å². The first-order valence-electron chi connectivity index (χ1n) is 12.2. The van der Waals surface area contributed by atoms with Crippen molar-refractivity contribution in [3.63, 3.8) is 0 Å². The number of Topliss-reactive ketones (excluding diaryl/α,β-unsaturated/α-hetero) is 1. The summed E-state index contributed by atoms with van der Waals surface area (Å²) in [7, 11) is 0. The lowest BCUT2D eigenvalue weighted by atomic mass is 9.98. The highest BCUT2D eigenvalue weighted by atomic mass is 16.2. The summed E-state index contributed by atoms with van der Waals surface area (Å²) >= 11 is 0. The van der Waals surface area contributed by atoms with Gasteiger partial charge in [0.25, 0.3) is 5.91 Å². The Labute approximate surface area is 208 Å². The normalized spacial score (nSPS) is 11.1. The van der Waals surface area contributed by atoms with Crippen LogP contribution in [0.1, 0.15) is 73.3 Å². The van der Waals surface area contributed by atoms with E-state index in [-0.39, 0.29) is 31.0 Å². The van der Waals surface area contributed by atoms with E-state index in [0.29, 0.717) is 18.7 Å². The first kappa shape index (κ1) is 24.9. The van der Waals surface area contributed by atoms with Gasteiger partial charge in [-0.1, -0.05) is 75.2 Å². The average molecular weight is 488 g/mol. The number of tetrazole rings is 1. The predicted octanol–water partition coefficient (Wildman–Crippen LogP) is 4.14. The summed E-state index contributed by atoms with van der Waals surface area (Å²) in [6.07, 6.45) is 3.51. The zero-order chi connectivity index (χ0) is 25.5. The van der Waals surface area contributed by atoms with Gasteiger partial charge in [-0.05, 0) is 34.7 Å². The van der Waals surface area contributed by atoms with Crippen molar-refractivity contribution in [3.05, 3.63) is 70.4 Å². The molecule has 0 unspecified atom stereocenters. The molecule has 0 bridgehead atoms.